The number of hydrazine groups is 2. The van der Waals surface area contributed by atoms with E-state index in [1.165, 1.54) is 12.8 Å². The summed E-state index contributed by atoms with van der Waals surface area (Å²) in [6.45, 7) is 15.3. The van der Waals surface area contributed by atoms with Crippen LogP contribution < -0.4 is 0 Å². The van der Waals surface area contributed by atoms with Crippen molar-refractivity contribution < 1.29 is 4.84 Å². The maximum atomic E-state index is 6.16. The molecule has 5 heteroatoms. The summed E-state index contributed by atoms with van der Waals surface area (Å²) in [5.74, 6) is 0. The zero-order valence-corrected chi connectivity index (χ0v) is 14.7. The number of likely N-dealkylation sites (N-methyl/N-ethyl adjacent to an activating group) is 1. The van der Waals surface area contributed by atoms with Crippen molar-refractivity contribution in [2.24, 2.45) is 0 Å². The van der Waals surface area contributed by atoms with Gasteiger partial charge in [-0.1, -0.05) is 13.3 Å². The lowest BCUT2D eigenvalue weighted by atomic mass is 10.1. The van der Waals surface area contributed by atoms with Crippen LogP contribution >= 0.6 is 0 Å². The van der Waals surface area contributed by atoms with E-state index in [0.717, 1.165) is 13.1 Å². The number of nitrogens with zero attached hydrogens (tertiary/aromatic N) is 4. The van der Waals surface area contributed by atoms with E-state index in [-0.39, 0.29) is 11.6 Å². The first-order chi connectivity index (χ1) is 9.18. The Morgan fingerprint density at radius 1 is 1.25 bits per heavy atom. The molecule has 0 amide bonds. The van der Waals surface area contributed by atoms with Crippen LogP contribution in [0.5, 0.6) is 0 Å². The van der Waals surface area contributed by atoms with Gasteiger partial charge in [0, 0.05) is 18.6 Å². The Morgan fingerprint density at radius 2 is 1.85 bits per heavy atom. The summed E-state index contributed by atoms with van der Waals surface area (Å²) in [4.78, 5) is 8.32. The molecule has 0 aromatic rings. The topological polar surface area (TPSA) is 22.2 Å². The minimum atomic E-state index is 0.0694. The molecular formula is C15H34N4O. The van der Waals surface area contributed by atoms with Gasteiger partial charge in [-0.2, -0.15) is 10.0 Å². The molecule has 0 bridgehead atoms. The number of hydrogen-bond donors (Lipinski definition) is 0. The van der Waals surface area contributed by atoms with E-state index < -0.39 is 0 Å². The van der Waals surface area contributed by atoms with Crippen LogP contribution in [-0.2, 0) is 4.84 Å². The Bertz CT molecular complexity index is 290. The maximum absolute atomic E-state index is 6.16. The van der Waals surface area contributed by atoms with Crippen molar-refractivity contribution in [2.45, 2.75) is 72.2 Å². The summed E-state index contributed by atoms with van der Waals surface area (Å²) < 4.78 is 0. The molecular weight excluding hydrogens is 252 g/mol. The van der Waals surface area contributed by atoms with Crippen molar-refractivity contribution in [2.75, 3.05) is 27.2 Å². The highest BCUT2D eigenvalue weighted by atomic mass is 16.8. The van der Waals surface area contributed by atoms with Crippen LogP contribution in [0.25, 0.3) is 0 Å². The quantitative estimate of drug-likeness (QED) is 0.715. The first-order valence-electron chi connectivity index (χ1n) is 7.86. The van der Waals surface area contributed by atoms with Gasteiger partial charge >= 0.3 is 0 Å². The van der Waals surface area contributed by atoms with Gasteiger partial charge in [0.15, 0.2) is 0 Å². The molecule has 2 unspecified atom stereocenters. The summed E-state index contributed by atoms with van der Waals surface area (Å²) >= 11 is 0. The van der Waals surface area contributed by atoms with Crippen molar-refractivity contribution in [3.05, 3.63) is 0 Å². The molecule has 1 fully saturated rings. The third-order valence-corrected chi connectivity index (χ3v) is 3.51. The average molecular weight is 286 g/mol. The third-order valence-electron chi connectivity index (χ3n) is 3.51. The second-order valence-corrected chi connectivity index (χ2v) is 7.09. The monoisotopic (exact) mass is 286 g/mol. The summed E-state index contributed by atoms with van der Waals surface area (Å²) in [7, 11) is 4.16. The van der Waals surface area contributed by atoms with Gasteiger partial charge < -0.3 is 4.90 Å². The predicted molar refractivity (Wildman–Crippen MR) is 83.6 cm³/mol. The minimum Gasteiger partial charge on any atom is -0.307 e. The summed E-state index contributed by atoms with van der Waals surface area (Å²) in [5, 5.41) is 6.63. The number of rotatable bonds is 7. The fourth-order valence-electron chi connectivity index (χ4n) is 2.72. The molecule has 120 valence electrons. The number of unbranched alkanes of at least 4 members (excludes halogenated alkanes) is 1. The average Bonchev–Trinajstić information content (AvgIpc) is 2.25. The molecule has 0 radical (unpaired) electrons. The van der Waals surface area contributed by atoms with Crippen molar-refractivity contribution in [1.82, 2.24) is 20.2 Å². The Kier molecular flexibility index (Phi) is 6.41. The Balaban J connectivity index is 2.68. The van der Waals surface area contributed by atoms with Gasteiger partial charge in [-0.25, -0.2) is 0 Å². The lowest BCUT2D eigenvalue weighted by Crippen LogP contribution is -2.78. The normalized spacial score (nSPS) is 24.1. The van der Waals surface area contributed by atoms with Gasteiger partial charge in [0.05, 0.1) is 12.3 Å². The maximum Gasteiger partial charge on any atom is 0.0943 e. The van der Waals surface area contributed by atoms with E-state index >= 15 is 0 Å². The van der Waals surface area contributed by atoms with Gasteiger partial charge in [-0.3, -0.25) is 4.84 Å². The van der Waals surface area contributed by atoms with E-state index in [4.69, 9.17) is 4.84 Å². The van der Waals surface area contributed by atoms with Crippen molar-refractivity contribution in [3.8, 4) is 0 Å². The molecule has 1 aliphatic heterocycles. The van der Waals surface area contributed by atoms with Crippen LogP contribution in [0.2, 0.25) is 0 Å². The third kappa shape index (κ3) is 4.40. The first-order valence-corrected chi connectivity index (χ1v) is 7.86. The van der Waals surface area contributed by atoms with Crippen LogP contribution in [-0.4, -0.2) is 65.2 Å². The van der Waals surface area contributed by atoms with Gasteiger partial charge in [0.25, 0.3) is 0 Å². The standard InChI is InChI=1S/C15H34N4O/c1-9-10-11-17-14(3)18(15(4,5)6)19(17)20-13(2)12-16(7)8/h13-14H,9-12H2,1-8H3. The Hall–Kier alpha value is -0.200. The zero-order valence-electron chi connectivity index (χ0n) is 14.7. The van der Waals surface area contributed by atoms with Crippen LogP contribution in [0.1, 0.15) is 54.4 Å². The zero-order chi connectivity index (χ0) is 15.5. The molecule has 0 saturated carbocycles. The smallest absolute Gasteiger partial charge is 0.0943 e. The lowest BCUT2D eigenvalue weighted by molar-refractivity contribution is -0.527. The van der Waals surface area contributed by atoms with Crippen LogP contribution in [0.15, 0.2) is 0 Å². The lowest BCUT2D eigenvalue weighted by Gasteiger charge is -2.61. The van der Waals surface area contributed by atoms with Crippen molar-refractivity contribution in [1.29, 1.82) is 0 Å². The predicted octanol–water partition coefficient (Wildman–Crippen LogP) is 2.56. The largest absolute Gasteiger partial charge is 0.307 e. The second-order valence-electron chi connectivity index (χ2n) is 7.09. The van der Waals surface area contributed by atoms with Crippen LogP contribution in [0.3, 0.4) is 0 Å². The number of hydrogen-bond acceptors (Lipinski definition) is 5. The summed E-state index contributed by atoms with van der Waals surface area (Å²) in [6.07, 6.45) is 2.98. The van der Waals surface area contributed by atoms with Gasteiger partial charge in [-0.05, 0) is 60.4 Å². The Morgan fingerprint density at radius 3 is 2.30 bits per heavy atom. The van der Waals surface area contributed by atoms with E-state index in [1.807, 2.05) is 5.28 Å². The van der Waals surface area contributed by atoms with Gasteiger partial charge in [0.2, 0.25) is 0 Å². The van der Waals surface area contributed by atoms with Gasteiger partial charge in [-0.15, -0.1) is 0 Å². The SMILES string of the molecule is CCCCN1C(C)N(C(C)(C)C)N1OC(C)CN(C)C. The van der Waals surface area contributed by atoms with Gasteiger partial charge in [0.1, 0.15) is 0 Å². The molecule has 5 nitrogen and oxygen atoms in total. The van der Waals surface area contributed by atoms with E-state index in [9.17, 15) is 0 Å². The first kappa shape index (κ1) is 17.9. The highest BCUT2D eigenvalue weighted by molar-refractivity contribution is 4.83. The highest BCUT2D eigenvalue weighted by Crippen LogP contribution is 2.33. The van der Waals surface area contributed by atoms with Crippen LogP contribution in [0.4, 0.5) is 0 Å². The molecule has 1 saturated heterocycles. The fraction of sp³-hybridized carbons (Fsp3) is 1.00. The van der Waals surface area contributed by atoms with E-state index in [2.05, 4.69) is 70.6 Å². The van der Waals surface area contributed by atoms with Crippen molar-refractivity contribution in [3.63, 3.8) is 0 Å². The molecule has 20 heavy (non-hydrogen) atoms. The molecule has 0 aliphatic carbocycles. The summed E-state index contributed by atoms with van der Waals surface area (Å²) in [5.41, 5.74) is 0.0694. The molecule has 1 aliphatic rings. The second kappa shape index (κ2) is 7.18. The van der Waals surface area contributed by atoms with Crippen molar-refractivity contribution >= 4 is 0 Å². The highest BCUT2D eigenvalue weighted by Gasteiger charge is 2.48. The molecule has 0 aromatic heterocycles. The molecule has 0 aromatic carbocycles. The molecule has 0 N–H and O–H groups in total. The van der Waals surface area contributed by atoms with Crippen LogP contribution in [0, 0.1) is 0 Å². The summed E-state index contributed by atoms with van der Waals surface area (Å²) in [6, 6.07) is 0. The minimum absolute atomic E-state index is 0.0694. The fourth-order valence-corrected chi connectivity index (χ4v) is 2.72. The van der Waals surface area contributed by atoms with E-state index in [1.54, 1.807) is 0 Å². The molecule has 2 atom stereocenters. The molecule has 1 rings (SSSR count). The molecule has 0 spiro atoms. The molecule has 1 heterocycles. The van der Waals surface area contributed by atoms with E-state index in [0.29, 0.717) is 6.17 Å². The Labute approximate surface area is 125 Å².